The summed E-state index contributed by atoms with van der Waals surface area (Å²) in [7, 11) is 1.51. The van der Waals surface area contributed by atoms with Gasteiger partial charge in [-0.05, 0) is 36.3 Å². The summed E-state index contributed by atoms with van der Waals surface area (Å²) in [4.78, 5) is 22.8. The predicted molar refractivity (Wildman–Crippen MR) is 98.2 cm³/mol. The summed E-state index contributed by atoms with van der Waals surface area (Å²) in [6, 6.07) is 10.7. The average Bonchev–Trinajstić information content (AvgIpc) is 2.92. The summed E-state index contributed by atoms with van der Waals surface area (Å²) in [6.07, 6.45) is 1.51. The van der Waals surface area contributed by atoms with Crippen molar-refractivity contribution >= 4 is 29.6 Å². The van der Waals surface area contributed by atoms with Gasteiger partial charge in [0.1, 0.15) is 12.3 Å². The number of carbonyl (C=O) groups is 2. The van der Waals surface area contributed by atoms with Gasteiger partial charge in [-0.3, -0.25) is 10.1 Å². The second-order valence-corrected chi connectivity index (χ2v) is 6.18. The minimum atomic E-state index is -0.558. The fourth-order valence-corrected chi connectivity index (χ4v) is 2.73. The Morgan fingerprint density at radius 2 is 1.85 bits per heavy atom. The van der Waals surface area contributed by atoms with Gasteiger partial charge in [0, 0.05) is 0 Å². The smallest absolute Gasteiger partial charge is 0.326 e. The molecule has 1 heterocycles. The molecule has 3 rings (SSSR count). The third-order valence-electron chi connectivity index (χ3n) is 3.79. The highest BCUT2D eigenvalue weighted by molar-refractivity contribution is 6.32. The number of urea groups is 1. The first-order chi connectivity index (χ1) is 12.5. The van der Waals surface area contributed by atoms with Crippen LogP contribution in [0.5, 0.6) is 11.5 Å². The van der Waals surface area contributed by atoms with Crippen LogP contribution in [-0.4, -0.2) is 19.0 Å². The molecule has 1 aliphatic heterocycles. The van der Waals surface area contributed by atoms with E-state index in [1.807, 2.05) is 31.2 Å². The van der Waals surface area contributed by atoms with Gasteiger partial charge in [0.05, 0.1) is 12.1 Å². The van der Waals surface area contributed by atoms with Crippen LogP contribution in [0.3, 0.4) is 0 Å². The van der Waals surface area contributed by atoms with Crippen LogP contribution >= 0.6 is 11.6 Å². The highest BCUT2D eigenvalue weighted by Gasteiger charge is 2.23. The number of hydrogen-bond donors (Lipinski definition) is 2. The zero-order valence-corrected chi connectivity index (χ0v) is 15.0. The summed E-state index contributed by atoms with van der Waals surface area (Å²) < 4.78 is 11.2. The molecule has 2 N–H and O–H groups in total. The van der Waals surface area contributed by atoms with Crippen LogP contribution in [0.1, 0.15) is 16.7 Å². The number of carbonyl (C=O) groups excluding carboxylic acids is 2. The van der Waals surface area contributed by atoms with Crippen molar-refractivity contribution in [3.8, 4) is 11.5 Å². The van der Waals surface area contributed by atoms with E-state index in [4.69, 9.17) is 21.1 Å². The maximum Gasteiger partial charge on any atom is 0.326 e. The minimum Gasteiger partial charge on any atom is -0.493 e. The Bertz CT molecular complexity index is 891. The fraction of sp³-hybridized carbons (Fsp3) is 0.158. The van der Waals surface area contributed by atoms with Crippen LogP contribution in [0.15, 0.2) is 42.1 Å². The van der Waals surface area contributed by atoms with Crippen molar-refractivity contribution in [2.24, 2.45) is 0 Å². The predicted octanol–water partition coefficient (Wildman–Crippen LogP) is 3.42. The van der Waals surface area contributed by atoms with Gasteiger partial charge in [0.15, 0.2) is 11.5 Å². The van der Waals surface area contributed by atoms with Crippen molar-refractivity contribution in [2.75, 3.05) is 7.11 Å². The van der Waals surface area contributed by atoms with Crippen LogP contribution in [0.25, 0.3) is 6.08 Å². The van der Waals surface area contributed by atoms with Crippen molar-refractivity contribution in [3.63, 3.8) is 0 Å². The molecule has 2 aromatic rings. The normalized spacial score (nSPS) is 15.0. The van der Waals surface area contributed by atoms with E-state index in [2.05, 4.69) is 10.6 Å². The molecule has 1 fully saturated rings. The molecule has 1 aliphatic rings. The molecule has 0 atom stereocenters. The van der Waals surface area contributed by atoms with Gasteiger partial charge in [-0.2, -0.15) is 0 Å². The summed E-state index contributed by atoms with van der Waals surface area (Å²) in [5, 5.41) is 4.90. The molecule has 0 spiro atoms. The summed E-state index contributed by atoms with van der Waals surface area (Å²) in [5.74, 6) is 0.350. The Kier molecular flexibility index (Phi) is 5.14. The average molecular weight is 373 g/mol. The van der Waals surface area contributed by atoms with E-state index >= 15 is 0 Å². The first kappa shape index (κ1) is 17.8. The summed E-state index contributed by atoms with van der Waals surface area (Å²) in [6.45, 7) is 2.36. The molecule has 1 saturated heterocycles. The Labute approximate surface area is 155 Å². The number of imide groups is 1. The Morgan fingerprint density at radius 1 is 1.12 bits per heavy atom. The number of halogens is 1. The van der Waals surface area contributed by atoms with E-state index in [1.54, 1.807) is 12.1 Å². The van der Waals surface area contributed by atoms with Crippen LogP contribution < -0.4 is 20.1 Å². The molecule has 0 aliphatic carbocycles. The third kappa shape index (κ3) is 3.97. The van der Waals surface area contributed by atoms with Crippen molar-refractivity contribution in [1.82, 2.24) is 10.6 Å². The summed E-state index contributed by atoms with van der Waals surface area (Å²) >= 11 is 6.33. The van der Waals surface area contributed by atoms with Gasteiger partial charge in [-0.15, -0.1) is 0 Å². The first-order valence-corrected chi connectivity index (χ1v) is 8.24. The lowest BCUT2D eigenvalue weighted by Crippen LogP contribution is -2.22. The van der Waals surface area contributed by atoms with E-state index in [0.29, 0.717) is 28.7 Å². The van der Waals surface area contributed by atoms with E-state index in [9.17, 15) is 9.59 Å². The van der Waals surface area contributed by atoms with E-state index < -0.39 is 11.9 Å². The number of benzene rings is 2. The van der Waals surface area contributed by atoms with E-state index in [-0.39, 0.29) is 5.70 Å². The lowest BCUT2D eigenvalue weighted by atomic mass is 10.1. The van der Waals surface area contributed by atoms with Gasteiger partial charge >= 0.3 is 6.03 Å². The SMILES string of the molecule is COc1cc(/C=C2/NC(=O)NC2=O)cc(Cl)c1OCc1ccc(C)cc1. The second-order valence-electron chi connectivity index (χ2n) is 5.77. The van der Waals surface area contributed by atoms with Crippen LogP contribution in [0.4, 0.5) is 4.79 Å². The largest absolute Gasteiger partial charge is 0.493 e. The number of methoxy groups -OCH3 is 1. The van der Waals surface area contributed by atoms with Gasteiger partial charge < -0.3 is 14.8 Å². The molecule has 0 radical (unpaired) electrons. The van der Waals surface area contributed by atoms with Gasteiger partial charge in [0.2, 0.25) is 0 Å². The quantitative estimate of drug-likeness (QED) is 0.623. The van der Waals surface area contributed by atoms with E-state index in [1.165, 1.54) is 18.7 Å². The van der Waals surface area contributed by atoms with Crippen molar-refractivity contribution in [1.29, 1.82) is 0 Å². The maximum atomic E-state index is 11.6. The monoisotopic (exact) mass is 372 g/mol. The van der Waals surface area contributed by atoms with Crippen molar-refractivity contribution < 1.29 is 19.1 Å². The Hall–Kier alpha value is -2.99. The molecule has 2 aromatic carbocycles. The number of aryl methyl sites for hydroxylation is 1. The molecule has 26 heavy (non-hydrogen) atoms. The zero-order chi connectivity index (χ0) is 18.7. The number of rotatable bonds is 5. The minimum absolute atomic E-state index is 0.140. The van der Waals surface area contributed by atoms with Crippen molar-refractivity contribution in [2.45, 2.75) is 13.5 Å². The number of amides is 3. The number of hydrogen-bond acceptors (Lipinski definition) is 4. The third-order valence-corrected chi connectivity index (χ3v) is 4.07. The van der Waals surface area contributed by atoms with E-state index in [0.717, 1.165) is 5.56 Å². The Morgan fingerprint density at radius 3 is 2.46 bits per heavy atom. The first-order valence-electron chi connectivity index (χ1n) is 7.86. The lowest BCUT2D eigenvalue weighted by molar-refractivity contribution is -0.115. The molecule has 7 heteroatoms. The van der Waals surface area contributed by atoms with Crippen molar-refractivity contribution in [3.05, 3.63) is 63.8 Å². The molecule has 0 saturated carbocycles. The lowest BCUT2D eigenvalue weighted by Gasteiger charge is -2.13. The molecular weight excluding hydrogens is 356 g/mol. The molecular formula is C19H17ClN2O4. The molecule has 6 nitrogen and oxygen atoms in total. The van der Waals surface area contributed by atoms with Gasteiger partial charge in [0.25, 0.3) is 5.91 Å². The fourth-order valence-electron chi connectivity index (χ4n) is 2.45. The molecule has 0 bridgehead atoms. The van der Waals surface area contributed by atoms with Crippen LogP contribution in [0, 0.1) is 6.92 Å². The van der Waals surface area contributed by atoms with Gasteiger partial charge in [-0.25, -0.2) is 4.79 Å². The molecule has 3 amide bonds. The van der Waals surface area contributed by atoms with Crippen LogP contribution in [0.2, 0.25) is 5.02 Å². The molecule has 0 aromatic heterocycles. The zero-order valence-electron chi connectivity index (χ0n) is 14.3. The second kappa shape index (κ2) is 7.49. The Balaban J connectivity index is 1.83. The molecule has 0 unspecified atom stereocenters. The maximum absolute atomic E-state index is 11.6. The highest BCUT2D eigenvalue weighted by Crippen LogP contribution is 2.37. The highest BCUT2D eigenvalue weighted by atomic mass is 35.5. The number of ether oxygens (including phenoxy) is 2. The van der Waals surface area contributed by atoms with Crippen LogP contribution in [-0.2, 0) is 11.4 Å². The van der Waals surface area contributed by atoms with Gasteiger partial charge in [-0.1, -0.05) is 41.4 Å². The molecule has 134 valence electrons. The summed E-state index contributed by atoms with van der Waals surface area (Å²) in [5.41, 5.74) is 2.92. The number of nitrogens with one attached hydrogen (secondary N) is 2. The topological polar surface area (TPSA) is 76.7 Å². The standard InChI is InChI=1S/C19H17ClN2O4/c1-11-3-5-12(6-4-11)10-26-17-14(20)7-13(9-16(17)25-2)8-15-18(23)22-19(24)21-15/h3-9H,10H2,1-2H3,(H2,21,22,23,24)/b15-8+.